The summed E-state index contributed by atoms with van der Waals surface area (Å²) in [5.74, 6) is 2.84. The Hall–Kier alpha value is -4.47. The standard InChI is InChI=1S/C29H26N10/c1-3-7-21(8-4-1)24-33-36-39(34-24)29-14-19-11-20(15-29)13-28(12-19,17-29)27-32-26-23-16-31-38(22-9-5-2-6-10-22)25(23)30-18-37(26)35-27/h1-10,16,18-20H,11-15,17H2/t19-,20-,28?,29?/m0/s1. The third-order valence-electron chi connectivity index (χ3n) is 9.28. The van der Waals surface area contributed by atoms with Crippen molar-refractivity contribution < 1.29 is 0 Å². The van der Waals surface area contributed by atoms with Crippen molar-refractivity contribution in [2.24, 2.45) is 11.8 Å². The highest BCUT2D eigenvalue weighted by molar-refractivity contribution is 5.89. The molecule has 4 fully saturated rings. The topological polar surface area (TPSA) is 104 Å². The summed E-state index contributed by atoms with van der Waals surface area (Å²) in [7, 11) is 0. The van der Waals surface area contributed by atoms with Gasteiger partial charge in [0, 0.05) is 11.0 Å². The molecule has 4 aliphatic carbocycles. The van der Waals surface area contributed by atoms with Crippen LogP contribution in [0.2, 0.25) is 0 Å². The van der Waals surface area contributed by atoms with Gasteiger partial charge in [-0.1, -0.05) is 48.5 Å². The molecular weight excluding hydrogens is 488 g/mol. The minimum Gasteiger partial charge on any atom is -0.216 e. The number of hydrogen-bond donors (Lipinski definition) is 0. The molecular formula is C29H26N10. The normalized spacial score (nSPS) is 27.6. The largest absolute Gasteiger partial charge is 0.216 e. The number of rotatable bonds is 4. The highest BCUT2D eigenvalue weighted by Gasteiger charge is 2.61. The van der Waals surface area contributed by atoms with E-state index >= 15 is 0 Å². The van der Waals surface area contributed by atoms with Crippen molar-refractivity contribution in [2.75, 3.05) is 0 Å². The van der Waals surface area contributed by atoms with Crippen LogP contribution in [0.1, 0.15) is 44.3 Å². The van der Waals surface area contributed by atoms with Crippen LogP contribution in [-0.4, -0.2) is 49.6 Å². The maximum absolute atomic E-state index is 5.21. The first-order valence-corrected chi connectivity index (χ1v) is 13.7. The summed E-state index contributed by atoms with van der Waals surface area (Å²) in [6.45, 7) is 0. The molecule has 10 nitrogen and oxygen atoms in total. The summed E-state index contributed by atoms with van der Waals surface area (Å²) in [5.41, 5.74) is 3.33. The lowest BCUT2D eigenvalue weighted by atomic mass is 9.46. The van der Waals surface area contributed by atoms with Gasteiger partial charge in [0.15, 0.2) is 17.1 Å². The van der Waals surface area contributed by atoms with Gasteiger partial charge in [0.2, 0.25) is 5.82 Å². The number of nitrogens with zero attached hydrogens (tertiary/aromatic N) is 10. The lowest BCUT2D eigenvalue weighted by Gasteiger charge is -2.60. The van der Waals surface area contributed by atoms with Gasteiger partial charge in [-0.3, -0.25) is 0 Å². The van der Waals surface area contributed by atoms with Crippen LogP contribution in [0.25, 0.3) is 33.8 Å². The molecule has 0 unspecified atom stereocenters. The first-order valence-electron chi connectivity index (χ1n) is 13.7. The van der Waals surface area contributed by atoms with Crippen molar-refractivity contribution in [2.45, 2.75) is 49.5 Å². The Kier molecular flexibility index (Phi) is 4.16. The molecule has 0 aliphatic heterocycles. The Balaban J connectivity index is 1.13. The van der Waals surface area contributed by atoms with E-state index in [9.17, 15) is 0 Å². The van der Waals surface area contributed by atoms with Gasteiger partial charge in [-0.15, -0.1) is 15.3 Å². The Morgan fingerprint density at radius 2 is 1.59 bits per heavy atom. The van der Waals surface area contributed by atoms with E-state index < -0.39 is 0 Å². The molecule has 39 heavy (non-hydrogen) atoms. The van der Waals surface area contributed by atoms with Crippen LogP contribution in [0, 0.1) is 11.8 Å². The molecule has 0 radical (unpaired) electrons. The summed E-state index contributed by atoms with van der Waals surface area (Å²) in [5, 5.41) is 24.6. The number of hydrogen-bond acceptors (Lipinski definition) is 7. The Bertz CT molecular complexity index is 1840. The lowest BCUT2D eigenvalue weighted by Crippen LogP contribution is -2.59. The molecule has 0 saturated heterocycles. The number of tetrazole rings is 1. The number of aromatic nitrogens is 10. The summed E-state index contributed by atoms with van der Waals surface area (Å²) in [6.07, 6.45) is 10.3. The third-order valence-corrected chi connectivity index (χ3v) is 9.28. The van der Waals surface area contributed by atoms with Crippen molar-refractivity contribution in [1.29, 1.82) is 0 Å². The average molecular weight is 515 g/mol. The van der Waals surface area contributed by atoms with Crippen molar-refractivity contribution in [3.63, 3.8) is 0 Å². The smallest absolute Gasteiger partial charge is 0.204 e. The number of fused-ring (bicyclic) bond motifs is 3. The van der Waals surface area contributed by atoms with E-state index in [0.717, 1.165) is 65.9 Å². The molecule has 10 rings (SSSR count). The van der Waals surface area contributed by atoms with Crippen molar-refractivity contribution in [1.82, 2.24) is 49.6 Å². The summed E-state index contributed by atoms with van der Waals surface area (Å²) in [6, 6.07) is 20.2. The van der Waals surface area contributed by atoms with E-state index in [4.69, 9.17) is 20.2 Å². The lowest BCUT2D eigenvalue weighted by molar-refractivity contribution is -0.0784. The quantitative estimate of drug-likeness (QED) is 0.344. The van der Waals surface area contributed by atoms with Crippen LogP contribution in [0.4, 0.5) is 0 Å². The molecule has 0 amide bonds. The second kappa shape index (κ2) is 7.56. The van der Waals surface area contributed by atoms with Gasteiger partial charge in [-0.25, -0.2) is 19.2 Å². The molecule has 2 atom stereocenters. The van der Waals surface area contributed by atoms with E-state index in [1.807, 2.05) is 80.9 Å². The molecule has 4 aromatic heterocycles. The van der Waals surface area contributed by atoms with Crippen LogP contribution < -0.4 is 0 Å². The minimum atomic E-state index is -0.145. The summed E-state index contributed by atoms with van der Waals surface area (Å²) in [4.78, 5) is 11.9. The highest BCUT2D eigenvalue weighted by atomic mass is 15.6. The van der Waals surface area contributed by atoms with Gasteiger partial charge in [0.05, 0.1) is 22.8 Å². The maximum atomic E-state index is 5.21. The zero-order chi connectivity index (χ0) is 25.6. The molecule has 4 saturated carbocycles. The summed E-state index contributed by atoms with van der Waals surface area (Å²) >= 11 is 0. The number of para-hydroxylation sites is 1. The van der Waals surface area contributed by atoms with E-state index in [-0.39, 0.29) is 11.0 Å². The monoisotopic (exact) mass is 514 g/mol. The first kappa shape index (κ1) is 21.5. The van der Waals surface area contributed by atoms with Crippen molar-refractivity contribution in [3.05, 3.63) is 79.0 Å². The van der Waals surface area contributed by atoms with E-state index in [1.165, 1.54) is 6.42 Å². The third kappa shape index (κ3) is 3.05. The SMILES string of the molecule is c1ccc(-c2nnn(C34C[C@H]5C[C@@H](CC(c6nc7c8cnn(-c9ccccc9)c8ncn7n6)(C5)C3)C4)n2)cc1. The van der Waals surface area contributed by atoms with E-state index in [1.54, 1.807) is 6.33 Å². The Morgan fingerprint density at radius 3 is 2.38 bits per heavy atom. The molecule has 192 valence electrons. The molecule has 10 heteroatoms. The van der Waals surface area contributed by atoms with E-state index in [0.29, 0.717) is 17.7 Å². The fraction of sp³-hybridized carbons (Fsp3) is 0.345. The van der Waals surface area contributed by atoms with E-state index in [2.05, 4.69) is 15.4 Å². The fourth-order valence-electron chi connectivity index (χ4n) is 8.13. The van der Waals surface area contributed by atoms with Crippen LogP contribution in [-0.2, 0) is 11.0 Å². The second-order valence-corrected chi connectivity index (χ2v) is 11.8. The number of benzene rings is 2. The first-order chi connectivity index (χ1) is 19.2. The van der Waals surface area contributed by atoms with Gasteiger partial charge in [0.1, 0.15) is 6.33 Å². The predicted octanol–water partition coefficient (Wildman–Crippen LogP) is 4.36. The molecule has 2 aromatic carbocycles. The van der Waals surface area contributed by atoms with Crippen molar-refractivity contribution in [3.8, 4) is 17.1 Å². The molecule has 4 bridgehead atoms. The molecule has 0 N–H and O–H groups in total. The van der Waals surface area contributed by atoms with Gasteiger partial charge >= 0.3 is 0 Å². The van der Waals surface area contributed by atoms with Gasteiger partial charge in [-0.2, -0.15) is 9.90 Å². The van der Waals surface area contributed by atoms with Gasteiger partial charge < -0.3 is 0 Å². The zero-order valence-corrected chi connectivity index (χ0v) is 21.3. The zero-order valence-electron chi connectivity index (χ0n) is 21.3. The highest BCUT2D eigenvalue weighted by Crippen LogP contribution is 2.64. The Labute approximate surface area is 223 Å². The summed E-state index contributed by atoms with van der Waals surface area (Å²) < 4.78 is 3.70. The van der Waals surface area contributed by atoms with Crippen LogP contribution in [0.5, 0.6) is 0 Å². The minimum absolute atomic E-state index is 0.0988. The van der Waals surface area contributed by atoms with Gasteiger partial charge in [0.25, 0.3) is 0 Å². The molecule has 4 aliphatic rings. The molecule has 4 heterocycles. The van der Waals surface area contributed by atoms with Gasteiger partial charge in [-0.05, 0) is 67.7 Å². The van der Waals surface area contributed by atoms with Crippen molar-refractivity contribution >= 4 is 16.7 Å². The second-order valence-electron chi connectivity index (χ2n) is 11.8. The predicted molar refractivity (Wildman–Crippen MR) is 143 cm³/mol. The maximum Gasteiger partial charge on any atom is 0.204 e. The molecule has 0 spiro atoms. The molecule has 6 aromatic rings. The Morgan fingerprint density at radius 1 is 0.821 bits per heavy atom. The van der Waals surface area contributed by atoms with Crippen LogP contribution in [0.15, 0.2) is 73.2 Å². The van der Waals surface area contributed by atoms with Crippen LogP contribution in [0.3, 0.4) is 0 Å². The fourth-order valence-corrected chi connectivity index (χ4v) is 8.13. The van der Waals surface area contributed by atoms with Crippen LogP contribution >= 0.6 is 0 Å². The average Bonchev–Trinajstić information content (AvgIpc) is 3.72.